The molecule has 0 spiro atoms. The van der Waals surface area contributed by atoms with Crippen molar-refractivity contribution in [2.24, 2.45) is 5.73 Å². The van der Waals surface area contributed by atoms with Gasteiger partial charge in [0.1, 0.15) is 4.99 Å². The fraction of sp³-hybridized carbons (Fsp3) is 0.154. The van der Waals surface area contributed by atoms with Gasteiger partial charge in [-0.15, -0.1) is 0 Å². The number of sulfonamides is 1. The number of nitrogens with one attached hydrogen (secondary N) is 1. The van der Waals surface area contributed by atoms with E-state index < -0.39 is 10.0 Å². The number of nitrogens with two attached hydrogens (primary N) is 1. The third kappa shape index (κ3) is 3.53. The van der Waals surface area contributed by atoms with Gasteiger partial charge in [0.25, 0.3) is 10.0 Å². The van der Waals surface area contributed by atoms with Gasteiger partial charge in [-0.3, -0.25) is 0 Å². The molecule has 0 aliphatic heterocycles. The van der Waals surface area contributed by atoms with Gasteiger partial charge in [0.2, 0.25) is 5.95 Å². The van der Waals surface area contributed by atoms with Crippen LogP contribution in [0.2, 0.25) is 0 Å². The standard InChI is InChI=1S/C13H14N4O2S2/c1-8-7-9(2)16-13(15-8)17-21(18,19)11-6-4-3-5-10(11)12(14)20/h3-7H,1-2H3,(H2,14,20)(H,15,16,17). The van der Waals surface area contributed by atoms with Crippen LogP contribution in [0.25, 0.3) is 0 Å². The summed E-state index contributed by atoms with van der Waals surface area (Å²) in [7, 11) is -3.87. The maximum absolute atomic E-state index is 12.4. The lowest BCUT2D eigenvalue weighted by molar-refractivity contribution is 0.600. The van der Waals surface area contributed by atoms with Crippen molar-refractivity contribution in [3.63, 3.8) is 0 Å². The summed E-state index contributed by atoms with van der Waals surface area (Å²) in [5.41, 5.74) is 7.18. The van der Waals surface area contributed by atoms with Crippen molar-refractivity contribution in [3.05, 3.63) is 47.3 Å². The van der Waals surface area contributed by atoms with E-state index in [1.54, 1.807) is 38.1 Å². The van der Waals surface area contributed by atoms with Crippen LogP contribution in [0.15, 0.2) is 35.2 Å². The molecule has 0 unspecified atom stereocenters. The summed E-state index contributed by atoms with van der Waals surface area (Å²) in [6.07, 6.45) is 0. The predicted molar refractivity (Wildman–Crippen MR) is 84.6 cm³/mol. The van der Waals surface area contributed by atoms with E-state index in [0.717, 1.165) is 0 Å². The quantitative estimate of drug-likeness (QED) is 0.828. The molecule has 2 rings (SSSR count). The van der Waals surface area contributed by atoms with Crippen LogP contribution in [0.3, 0.4) is 0 Å². The highest BCUT2D eigenvalue weighted by Crippen LogP contribution is 2.18. The summed E-state index contributed by atoms with van der Waals surface area (Å²) in [5, 5.41) is 0. The topological polar surface area (TPSA) is 98.0 Å². The molecule has 1 aromatic carbocycles. The zero-order valence-corrected chi connectivity index (χ0v) is 13.1. The van der Waals surface area contributed by atoms with Crippen LogP contribution in [0, 0.1) is 13.8 Å². The Bertz CT molecular complexity index is 783. The molecule has 0 atom stereocenters. The van der Waals surface area contributed by atoms with Gasteiger partial charge in [0, 0.05) is 17.0 Å². The second-order valence-electron chi connectivity index (χ2n) is 4.44. The molecule has 0 bridgehead atoms. The minimum atomic E-state index is -3.87. The molecule has 3 N–H and O–H groups in total. The highest BCUT2D eigenvalue weighted by atomic mass is 32.2. The summed E-state index contributed by atoms with van der Waals surface area (Å²) in [5.74, 6) is 0.0187. The smallest absolute Gasteiger partial charge is 0.264 e. The van der Waals surface area contributed by atoms with Crippen LogP contribution in [0.4, 0.5) is 5.95 Å². The number of aromatic nitrogens is 2. The molecule has 0 amide bonds. The molecule has 0 radical (unpaired) electrons. The molecule has 110 valence electrons. The second kappa shape index (κ2) is 5.74. The van der Waals surface area contributed by atoms with Crippen molar-refractivity contribution < 1.29 is 8.42 Å². The fourth-order valence-corrected chi connectivity index (χ4v) is 3.26. The van der Waals surface area contributed by atoms with E-state index in [9.17, 15) is 8.42 Å². The van der Waals surface area contributed by atoms with Crippen molar-refractivity contribution in [1.29, 1.82) is 0 Å². The third-order valence-corrected chi connectivity index (χ3v) is 4.26. The Balaban J connectivity index is 2.46. The maximum atomic E-state index is 12.4. The van der Waals surface area contributed by atoms with E-state index in [2.05, 4.69) is 14.7 Å². The van der Waals surface area contributed by atoms with E-state index in [1.807, 2.05) is 0 Å². The Morgan fingerprint density at radius 3 is 2.33 bits per heavy atom. The minimum Gasteiger partial charge on any atom is -0.389 e. The number of hydrogen-bond acceptors (Lipinski definition) is 5. The molecule has 2 aromatic rings. The van der Waals surface area contributed by atoms with E-state index in [4.69, 9.17) is 18.0 Å². The monoisotopic (exact) mass is 322 g/mol. The predicted octanol–water partition coefficient (Wildman–Crippen LogP) is 1.53. The molecule has 0 saturated heterocycles. The number of nitrogens with zero attached hydrogens (tertiary/aromatic N) is 2. The van der Waals surface area contributed by atoms with Gasteiger partial charge in [0.15, 0.2) is 0 Å². The van der Waals surface area contributed by atoms with E-state index in [0.29, 0.717) is 11.4 Å². The average molecular weight is 322 g/mol. The number of aryl methyl sites for hydroxylation is 2. The minimum absolute atomic E-state index is 0.000240. The number of hydrogen-bond donors (Lipinski definition) is 2. The van der Waals surface area contributed by atoms with E-state index >= 15 is 0 Å². The van der Waals surface area contributed by atoms with E-state index in [1.165, 1.54) is 6.07 Å². The largest absolute Gasteiger partial charge is 0.389 e. The van der Waals surface area contributed by atoms with E-state index in [-0.39, 0.29) is 21.4 Å². The van der Waals surface area contributed by atoms with Gasteiger partial charge in [-0.05, 0) is 26.0 Å². The van der Waals surface area contributed by atoms with Gasteiger partial charge in [0.05, 0.1) is 4.90 Å². The maximum Gasteiger partial charge on any atom is 0.264 e. The normalized spacial score (nSPS) is 11.1. The van der Waals surface area contributed by atoms with Gasteiger partial charge < -0.3 is 5.73 Å². The Hall–Kier alpha value is -2.06. The summed E-state index contributed by atoms with van der Waals surface area (Å²) >= 11 is 4.88. The first-order chi connectivity index (χ1) is 9.79. The lowest BCUT2D eigenvalue weighted by atomic mass is 10.2. The van der Waals surface area contributed by atoms with Crippen molar-refractivity contribution in [2.45, 2.75) is 18.7 Å². The van der Waals surface area contributed by atoms with Crippen LogP contribution in [-0.4, -0.2) is 23.4 Å². The third-order valence-electron chi connectivity index (χ3n) is 2.65. The van der Waals surface area contributed by atoms with Crippen LogP contribution in [0.1, 0.15) is 17.0 Å². The molecule has 0 aliphatic carbocycles. The van der Waals surface area contributed by atoms with Crippen molar-refractivity contribution in [3.8, 4) is 0 Å². The molecule has 0 fully saturated rings. The number of anilines is 1. The Kier molecular flexibility index (Phi) is 4.19. The molecule has 6 nitrogen and oxygen atoms in total. The summed E-state index contributed by atoms with van der Waals surface area (Å²) < 4.78 is 27.2. The number of thiocarbonyl (C=S) groups is 1. The fourth-order valence-electron chi connectivity index (χ4n) is 1.85. The van der Waals surface area contributed by atoms with Crippen molar-refractivity contribution in [1.82, 2.24) is 9.97 Å². The van der Waals surface area contributed by atoms with Crippen LogP contribution in [0.5, 0.6) is 0 Å². The van der Waals surface area contributed by atoms with Gasteiger partial charge in [-0.1, -0.05) is 30.4 Å². The number of benzene rings is 1. The van der Waals surface area contributed by atoms with Crippen molar-refractivity contribution >= 4 is 33.2 Å². The molecule has 1 heterocycles. The zero-order valence-electron chi connectivity index (χ0n) is 11.5. The van der Waals surface area contributed by atoms with Gasteiger partial charge >= 0.3 is 0 Å². The molecular weight excluding hydrogens is 308 g/mol. The first-order valence-electron chi connectivity index (χ1n) is 6.03. The highest BCUT2D eigenvalue weighted by Gasteiger charge is 2.20. The Labute approximate surface area is 128 Å². The molecule has 21 heavy (non-hydrogen) atoms. The molecule has 0 aliphatic rings. The average Bonchev–Trinajstić information content (AvgIpc) is 2.36. The number of rotatable bonds is 4. The molecular formula is C13H14N4O2S2. The molecule has 8 heteroatoms. The first kappa shape index (κ1) is 15.3. The van der Waals surface area contributed by atoms with Gasteiger partial charge in [-0.2, -0.15) is 0 Å². The summed E-state index contributed by atoms with van der Waals surface area (Å²) in [6, 6.07) is 8.00. The Morgan fingerprint density at radius 1 is 1.19 bits per heavy atom. The lowest BCUT2D eigenvalue weighted by Gasteiger charge is -2.11. The Morgan fingerprint density at radius 2 is 1.76 bits per heavy atom. The first-order valence-corrected chi connectivity index (χ1v) is 7.92. The molecule has 1 aromatic heterocycles. The summed E-state index contributed by atoms with van der Waals surface area (Å²) in [4.78, 5) is 8.12. The lowest BCUT2D eigenvalue weighted by Crippen LogP contribution is -2.21. The highest BCUT2D eigenvalue weighted by molar-refractivity contribution is 7.93. The van der Waals surface area contributed by atoms with Crippen LogP contribution < -0.4 is 10.5 Å². The van der Waals surface area contributed by atoms with Crippen LogP contribution in [-0.2, 0) is 10.0 Å². The zero-order chi connectivity index (χ0) is 15.6. The molecule has 0 saturated carbocycles. The van der Waals surface area contributed by atoms with Crippen LogP contribution >= 0.6 is 12.2 Å². The second-order valence-corrected chi connectivity index (χ2v) is 6.53. The summed E-state index contributed by atoms with van der Waals surface area (Å²) in [6.45, 7) is 3.52. The van der Waals surface area contributed by atoms with Gasteiger partial charge in [-0.25, -0.2) is 23.1 Å². The SMILES string of the molecule is Cc1cc(C)nc(NS(=O)(=O)c2ccccc2C(N)=S)n1. The van der Waals surface area contributed by atoms with Crippen molar-refractivity contribution in [2.75, 3.05) is 4.72 Å².